The molecule has 43 heavy (non-hydrogen) atoms. The molecule has 0 aliphatic rings. The van der Waals surface area contributed by atoms with E-state index in [1.807, 2.05) is 67.6 Å². The Hall–Kier alpha value is -4.62. The maximum absolute atomic E-state index is 13.2. The average Bonchev–Trinajstić information content (AvgIpc) is 3.04. The van der Waals surface area contributed by atoms with Crippen molar-refractivity contribution in [1.82, 2.24) is 0 Å². The Balaban J connectivity index is 1.41. The van der Waals surface area contributed by atoms with Crippen LogP contribution < -0.4 is 15.0 Å². The monoisotopic (exact) mass is 598 g/mol. The second-order valence-electron chi connectivity index (χ2n) is 9.93. The Morgan fingerprint density at radius 3 is 2.21 bits per heavy atom. The van der Waals surface area contributed by atoms with Crippen molar-refractivity contribution in [2.75, 3.05) is 30.5 Å². The standard InChI is InChI=1S/C35H35ClN2O5/c1-3-9-33(39)38(28-18-16-27(36)17-19-28)22-23-43-29-20-14-25(15-21-29)24-32(35(41)42-2)37-31-13-8-7-12-30(31)34(40)26-10-5-4-6-11-26/h4-8,10-21,32,37H,3,9,22-24H2,1-2H3/t32-/m0/s1. The zero-order valence-corrected chi connectivity index (χ0v) is 25.1. The summed E-state index contributed by atoms with van der Waals surface area (Å²) in [5.41, 5.74) is 3.23. The molecule has 7 nitrogen and oxygen atoms in total. The third-order valence-electron chi connectivity index (χ3n) is 6.87. The lowest BCUT2D eigenvalue weighted by Gasteiger charge is -2.23. The molecular weight excluding hydrogens is 564 g/mol. The van der Waals surface area contributed by atoms with E-state index in [1.165, 1.54) is 7.11 Å². The number of carbonyl (C=O) groups excluding carboxylic acids is 3. The summed E-state index contributed by atoms with van der Waals surface area (Å²) in [6.45, 7) is 2.66. The molecule has 0 aliphatic heterocycles. The van der Waals surface area contributed by atoms with Crippen molar-refractivity contribution in [2.24, 2.45) is 0 Å². The summed E-state index contributed by atoms with van der Waals surface area (Å²) in [4.78, 5) is 40.4. The van der Waals surface area contributed by atoms with Crippen LogP contribution >= 0.6 is 11.6 Å². The van der Waals surface area contributed by atoms with Gasteiger partial charge in [-0.3, -0.25) is 9.59 Å². The molecule has 1 atom stereocenters. The maximum Gasteiger partial charge on any atom is 0.328 e. The van der Waals surface area contributed by atoms with Crippen LogP contribution in [0, 0.1) is 0 Å². The molecule has 1 N–H and O–H groups in total. The van der Waals surface area contributed by atoms with Crippen molar-refractivity contribution in [3.05, 3.63) is 125 Å². The van der Waals surface area contributed by atoms with Crippen LogP contribution in [-0.2, 0) is 20.7 Å². The highest BCUT2D eigenvalue weighted by Crippen LogP contribution is 2.23. The van der Waals surface area contributed by atoms with Gasteiger partial charge in [-0.15, -0.1) is 0 Å². The van der Waals surface area contributed by atoms with Crippen LogP contribution in [0.3, 0.4) is 0 Å². The molecule has 0 aliphatic carbocycles. The lowest BCUT2D eigenvalue weighted by Crippen LogP contribution is -2.34. The molecule has 0 spiro atoms. The van der Waals surface area contributed by atoms with E-state index < -0.39 is 12.0 Å². The maximum atomic E-state index is 13.2. The molecule has 0 unspecified atom stereocenters. The number of anilines is 2. The summed E-state index contributed by atoms with van der Waals surface area (Å²) in [5, 5.41) is 3.84. The molecule has 8 heteroatoms. The summed E-state index contributed by atoms with van der Waals surface area (Å²) < 4.78 is 11.0. The molecule has 0 saturated heterocycles. The third-order valence-corrected chi connectivity index (χ3v) is 7.13. The molecule has 4 aromatic rings. The molecule has 0 radical (unpaired) electrons. The Morgan fingerprint density at radius 2 is 1.53 bits per heavy atom. The van der Waals surface area contributed by atoms with Crippen LogP contribution in [0.15, 0.2) is 103 Å². The van der Waals surface area contributed by atoms with E-state index in [4.69, 9.17) is 21.1 Å². The summed E-state index contributed by atoms with van der Waals surface area (Å²) in [7, 11) is 1.34. The number of amides is 1. The number of benzene rings is 4. The number of halogens is 1. The fraction of sp³-hybridized carbons (Fsp3) is 0.229. The molecule has 0 aromatic heterocycles. The van der Waals surface area contributed by atoms with E-state index in [1.54, 1.807) is 47.4 Å². The van der Waals surface area contributed by atoms with Crippen molar-refractivity contribution >= 4 is 40.6 Å². The molecule has 1 amide bonds. The number of hydrogen-bond donors (Lipinski definition) is 1. The highest BCUT2D eigenvalue weighted by atomic mass is 35.5. The van der Waals surface area contributed by atoms with Crippen LogP contribution in [0.4, 0.5) is 11.4 Å². The van der Waals surface area contributed by atoms with E-state index in [9.17, 15) is 14.4 Å². The van der Waals surface area contributed by atoms with Crippen molar-refractivity contribution in [3.8, 4) is 5.75 Å². The highest BCUT2D eigenvalue weighted by molar-refractivity contribution is 6.30. The lowest BCUT2D eigenvalue weighted by atomic mass is 10.00. The lowest BCUT2D eigenvalue weighted by molar-refractivity contribution is -0.141. The van der Waals surface area contributed by atoms with Crippen LogP contribution in [0.1, 0.15) is 41.3 Å². The summed E-state index contributed by atoms with van der Waals surface area (Å²) in [6.07, 6.45) is 1.52. The zero-order valence-electron chi connectivity index (χ0n) is 24.3. The normalized spacial score (nSPS) is 11.3. The first-order valence-corrected chi connectivity index (χ1v) is 14.6. The Morgan fingerprint density at radius 1 is 0.860 bits per heavy atom. The summed E-state index contributed by atoms with van der Waals surface area (Å²) in [5.74, 6) is 0.0856. The molecule has 0 heterocycles. The van der Waals surface area contributed by atoms with Gasteiger partial charge in [0.2, 0.25) is 5.91 Å². The first kappa shape index (κ1) is 31.3. The van der Waals surface area contributed by atoms with E-state index >= 15 is 0 Å². The van der Waals surface area contributed by atoms with Gasteiger partial charge >= 0.3 is 5.97 Å². The van der Waals surface area contributed by atoms with E-state index in [0.29, 0.717) is 53.6 Å². The predicted molar refractivity (Wildman–Crippen MR) is 170 cm³/mol. The Kier molecular flexibility index (Phi) is 11.3. The fourth-order valence-electron chi connectivity index (χ4n) is 4.66. The van der Waals surface area contributed by atoms with E-state index in [0.717, 1.165) is 17.7 Å². The average molecular weight is 599 g/mol. The second kappa shape index (κ2) is 15.6. The number of carbonyl (C=O) groups is 3. The van der Waals surface area contributed by atoms with Gasteiger partial charge < -0.3 is 19.7 Å². The van der Waals surface area contributed by atoms with Gasteiger partial charge in [-0.2, -0.15) is 0 Å². The van der Waals surface area contributed by atoms with Gasteiger partial charge in [0, 0.05) is 40.4 Å². The largest absolute Gasteiger partial charge is 0.492 e. The van der Waals surface area contributed by atoms with Crippen molar-refractivity contribution in [3.63, 3.8) is 0 Å². The number of hydrogen-bond acceptors (Lipinski definition) is 6. The quantitative estimate of drug-likeness (QED) is 0.124. The Labute approximate surface area is 257 Å². The van der Waals surface area contributed by atoms with Crippen LogP contribution in [0.25, 0.3) is 0 Å². The molecule has 0 saturated carbocycles. The first-order chi connectivity index (χ1) is 20.9. The number of esters is 1. The molecule has 4 aromatic carbocycles. The van der Waals surface area contributed by atoms with Crippen molar-refractivity contribution in [2.45, 2.75) is 32.2 Å². The summed E-state index contributed by atoms with van der Waals surface area (Å²) >= 11 is 6.02. The second-order valence-corrected chi connectivity index (χ2v) is 10.4. The number of nitrogens with zero attached hydrogens (tertiary/aromatic N) is 1. The number of nitrogens with one attached hydrogen (secondary N) is 1. The van der Waals surface area contributed by atoms with Crippen LogP contribution in [0.2, 0.25) is 5.02 Å². The van der Waals surface area contributed by atoms with Gasteiger partial charge in [-0.05, 0) is 60.5 Å². The van der Waals surface area contributed by atoms with Crippen molar-refractivity contribution < 1.29 is 23.9 Å². The van der Waals surface area contributed by atoms with Gasteiger partial charge in [0.1, 0.15) is 18.4 Å². The van der Waals surface area contributed by atoms with E-state index in [2.05, 4.69) is 5.32 Å². The highest BCUT2D eigenvalue weighted by Gasteiger charge is 2.23. The minimum Gasteiger partial charge on any atom is -0.492 e. The number of para-hydroxylation sites is 1. The smallest absolute Gasteiger partial charge is 0.328 e. The van der Waals surface area contributed by atoms with Crippen LogP contribution in [0.5, 0.6) is 5.75 Å². The fourth-order valence-corrected chi connectivity index (χ4v) is 4.78. The predicted octanol–water partition coefficient (Wildman–Crippen LogP) is 6.98. The number of ketones is 1. The van der Waals surface area contributed by atoms with Gasteiger partial charge in [0.05, 0.1) is 13.7 Å². The molecule has 0 fully saturated rings. The number of rotatable bonds is 14. The van der Waals surface area contributed by atoms with E-state index in [-0.39, 0.29) is 11.7 Å². The molecule has 0 bridgehead atoms. The van der Waals surface area contributed by atoms with Crippen LogP contribution in [-0.4, -0.2) is 44.0 Å². The Bertz CT molecular complexity index is 1510. The minimum absolute atomic E-state index is 0.0252. The van der Waals surface area contributed by atoms with Gasteiger partial charge in [-0.25, -0.2) is 4.79 Å². The molecule has 4 rings (SSSR count). The molecule has 222 valence electrons. The number of ether oxygens (including phenoxy) is 2. The number of methoxy groups -OCH3 is 1. The first-order valence-electron chi connectivity index (χ1n) is 14.2. The molecular formula is C35H35ClN2O5. The summed E-state index contributed by atoms with van der Waals surface area (Å²) in [6, 6.07) is 30.0. The van der Waals surface area contributed by atoms with Gasteiger partial charge in [0.25, 0.3) is 0 Å². The zero-order chi connectivity index (χ0) is 30.6. The van der Waals surface area contributed by atoms with Gasteiger partial charge in [0.15, 0.2) is 5.78 Å². The van der Waals surface area contributed by atoms with Gasteiger partial charge in [-0.1, -0.05) is 73.1 Å². The van der Waals surface area contributed by atoms with Crippen molar-refractivity contribution in [1.29, 1.82) is 0 Å². The topological polar surface area (TPSA) is 84.9 Å². The SMILES string of the molecule is CCCC(=O)N(CCOc1ccc(C[C@H](Nc2ccccc2C(=O)c2ccccc2)C(=O)OC)cc1)c1ccc(Cl)cc1. The third kappa shape index (κ3) is 8.69. The minimum atomic E-state index is -0.723.